The summed E-state index contributed by atoms with van der Waals surface area (Å²) >= 11 is 2.86. The van der Waals surface area contributed by atoms with Crippen LogP contribution in [0.4, 0.5) is 0 Å². The number of nitrogens with one attached hydrogen (secondary N) is 1. The average Bonchev–Trinajstić information content (AvgIpc) is 3.50. The molecule has 10 heteroatoms. The van der Waals surface area contributed by atoms with Crippen molar-refractivity contribution in [1.29, 1.82) is 0 Å². The summed E-state index contributed by atoms with van der Waals surface area (Å²) in [6.45, 7) is 6.09. The standard InChI is InChI=1S/C21H18N6O2S2/c1-11-6-7-14(9-12(11)2)27-21(24-25-26-27)31-13(3)18-22-19(28)17-15(10-30-20(17)23-18)16-5-4-8-29-16/h4-10,13H,1-3H3,(H,22,23,28). The van der Waals surface area contributed by atoms with E-state index in [1.54, 1.807) is 17.0 Å². The van der Waals surface area contributed by atoms with Gasteiger partial charge in [0.15, 0.2) is 0 Å². The third-order valence-corrected chi connectivity index (χ3v) is 7.01. The molecule has 1 aromatic carbocycles. The molecule has 0 saturated heterocycles. The first-order valence-corrected chi connectivity index (χ1v) is 11.3. The molecule has 5 aromatic rings. The maximum atomic E-state index is 12.9. The number of thiophene rings is 1. The molecule has 0 radical (unpaired) electrons. The number of hydrogen-bond acceptors (Lipinski definition) is 8. The van der Waals surface area contributed by atoms with E-state index in [2.05, 4.69) is 40.4 Å². The lowest BCUT2D eigenvalue weighted by Crippen LogP contribution is -2.12. The van der Waals surface area contributed by atoms with Gasteiger partial charge in [0.05, 0.1) is 22.6 Å². The SMILES string of the molecule is Cc1ccc(-n2nnnc2SC(C)c2nc3scc(-c4ccco4)c3c(=O)[nH]2)cc1C. The van der Waals surface area contributed by atoms with E-state index in [0.717, 1.165) is 11.3 Å². The Kier molecular flexibility index (Phi) is 4.95. The number of tetrazole rings is 1. The second-order valence-corrected chi connectivity index (χ2v) is 9.33. The fourth-order valence-corrected chi connectivity index (χ4v) is 5.06. The van der Waals surface area contributed by atoms with Crippen LogP contribution in [0.3, 0.4) is 0 Å². The second-order valence-electron chi connectivity index (χ2n) is 7.16. The Bertz CT molecular complexity index is 1430. The summed E-state index contributed by atoms with van der Waals surface area (Å²) in [5.41, 5.74) is 3.83. The van der Waals surface area contributed by atoms with E-state index >= 15 is 0 Å². The molecular weight excluding hydrogens is 432 g/mol. The first-order valence-electron chi connectivity index (χ1n) is 9.59. The van der Waals surface area contributed by atoms with Crippen molar-refractivity contribution in [3.8, 4) is 17.0 Å². The van der Waals surface area contributed by atoms with Crippen molar-refractivity contribution in [2.24, 2.45) is 0 Å². The Morgan fingerprint density at radius 2 is 2.10 bits per heavy atom. The van der Waals surface area contributed by atoms with Gasteiger partial charge in [0.2, 0.25) is 5.16 Å². The van der Waals surface area contributed by atoms with Gasteiger partial charge in [-0.2, -0.15) is 4.68 Å². The molecule has 0 saturated carbocycles. The molecule has 0 bridgehead atoms. The molecule has 4 heterocycles. The number of rotatable bonds is 5. The zero-order chi connectivity index (χ0) is 21.5. The van der Waals surface area contributed by atoms with Crippen molar-refractivity contribution < 1.29 is 4.42 Å². The Morgan fingerprint density at radius 3 is 2.87 bits per heavy atom. The molecule has 156 valence electrons. The topological polar surface area (TPSA) is 102 Å². The first-order chi connectivity index (χ1) is 15.0. The Balaban J connectivity index is 1.47. The van der Waals surface area contributed by atoms with Crippen LogP contribution in [-0.4, -0.2) is 30.2 Å². The van der Waals surface area contributed by atoms with Gasteiger partial charge in [-0.1, -0.05) is 17.8 Å². The summed E-state index contributed by atoms with van der Waals surface area (Å²) in [4.78, 5) is 21.2. The lowest BCUT2D eigenvalue weighted by atomic mass is 10.1. The fourth-order valence-electron chi connectivity index (χ4n) is 3.26. The fraction of sp³-hybridized carbons (Fsp3) is 0.190. The van der Waals surface area contributed by atoms with E-state index in [0.29, 0.717) is 27.0 Å². The Hall–Kier alpha value is -3.24. The second kappa shape index (κ2) is 7.78. The quantitative estimate of drug-likeness (QED) is 0.388. The number of benzene rings is 1. The highest BCUT2D eigenvalue weighted by molar-refractivity contribution is 7.99. The van der Waals surface area contributed by atoms with Crippen LogP contribution in [0.1, 0.15) is 29.1 Å². The summed E-state index contributed by atoms with van der Waals surface area (Å²) in [7, 11) is 0. The lowest BCUT2D eigenvalue weighted by molar-refractivity contribution is 0.583. The number of thioether (sulfide) groups is 1. The summed E-state index contributed by atoms with van der Waals surface area (Å²) in [5.74, 6) is 1.23. The predicted molar refractivity (Wildman–Crippen MR) is 121 cm³/mol. The van der Waals surface area contributed by atoms with Crippen molar-refractivity contribution in [3.05, 3.63) is 69.3 Å². The molecule has 0 amide bonds. The van der Waals surface area contributed by atoms with Crippen LogP contribution in [0.25, 0.3) is 27.2 Å². The number of furan rings is 1. The maximum Gasteiger partial charge on any atom is 0.260 e. The van der Waals surface area contributed by atoms with Crippen molar-refractivity contribution in [3.63, 3.8) is 0 Å². The van der Waals surface area contributed by atoms with Crippen molar-refractivity contribution >= 4 is 33.3 Å². The summed E-state index contributed by atoms with van der Waals surface area (Å²) < 4.78 is 7.16. The van der Waals surface area contributed by atoms with E-state index in [1.165, 1.54) is 34.2 Å². The summed E-state index contributed by atoms with van der Waals surface area (Å²) in [6, 6.07) is 9.72. The van der Waals surface area contributed by atoms with E-state index in [1.807, 2.05) is 30.5 Å². The third kappa shape index (κ3) is 3.57. The highest BCUT2D eigenvalue weighted by atomic mass is 32.2. The molecule has 4 aromatic heterocycles. The van der Waals surface area contributed by atoms with E-state index in [4.69, 9.17) is 9.40 Å². The molecule has 0 aliphatic carbocycles. The van der Waals surface area contributed by atoms with E-state index in [9.17, 15) is 4.79 Å². The molecule has 0 fully saturated rings. The number of H-pyrrole nitrogens is 1. The van der Waals surface area contributed by atoms with E-state index in [-0.39, 0.29) is 10.8 Å². The van der Waals surface area contributed by atoms with Crippen LogP contribution in [0.15, 0.2) is 56.3 Å². The van der Waals surface area contributed by atoms with Crippen molar-refractivity contribution in [1.82, 2.24) is 30.2 Å². The van der Waals surface area contributed by atoms with Gasteiger partial charge in [0, 0.05) is 10.9 Å². The summed E-state index contributed by atoms with van der Waals surface area (Å²) in [5, 5.41) is 15.0. The Morgan fingerprint density at radius 1 is 1.23 bits per heavy atom. The van der Waals surface area contributed by atoms with Crippen LogP contribution in [0.2, 0.25) is 0 Å². The van der Waals surface area contributed by atoms with Gasteiger partial charge in [0.1, 0.15) is 16.4 Å². The van der Waals surface area contributed by atoms with Crippen LogP contribution in [-0.2, 0) is 0 Å². The molecule has 1 unspecified atom stereocenters. The minimum atomic E-state index is -0.186. The van der Waals surface area contributed by atoms with Gasteiger partial charge < -0.3 is 9.40 Å². The molecule has 8 nitrogen and oxygen atoms in total. The van der Waals surface area contributed by atoms with Crippen LogP contribution in [0, 0.1) is 13.8 Å². The highest BCUT2D eigenvalue weighted by Crippen LogP contribution is 2.35. The molecule has 31 heavy (non-hydrogen) atoms. The third-order valence-electron chi connectivity index (χ3n) is 5.09. The molecule has 1 N–H and O–H groups in total. The molecule has 0 aliphatic rings. The number of aromatic amines is 1. The number of aryl methyl sites for hydroxylation is 2. The van der Waals surface area contributed by atoms with Gasteiger partial charge in [-0.3, -0.25) is 4.79 Å². The zero-order valence-corrected chi connectivity index (χ0v) is 18.6. The van der Waals surface area contributed by atoms with Crippen molar-refractivity contribution in [2.75, 3.05) is 0 Å². The van der Waals surface area contributed by atoms with Gasteiger partial charge in [0.25, 0.3) is 5.56 Å². The van der Waals surface area contributed by atoms with Gasteiger partial charge in [-0.25, -0.2) is 4.98 Å². The minimum absolute atomic E-state index is 0.164. The summed E-state index contributed by atoms with van der Waals surface area (Å²) in [6.07, 6.45) is 1.59. The number of nitrogens with zero attached hydrogens (tertiary/aromatic N) is 5. The average molecular weight is 451 g/mol. The zero-order valence-electron chi connectivity index (χ0n) is 17.0. The molecule has 5 rings (SSSR count). The molecule has 0 spiro atoms. The lowest BCUT2D eigenvalue weighted by Gasteiger charge is -2.11. The maximum absolute atomic E-state index is 12.9. The normalized spacial score (nSPS) is 12.5. The van der Waals surface area contributed by atoms with Gasteiger partial charge in [-0.15, -0.1) is 16.4 Å². The molecule has 1 atom stereocenters. The van der Waals surface area contributed by atoms with Crippen LogP contribution in [0.5, 0.6) is 0 Å². The predicted octanol–water partition coefficient (Wildman–Crippen LogP) is 4.69. The number of hydrogen-bond donors (Lipinski definition) is 1. The monoisotopic (exact) mass is 450 g/mol. The smallest absolute Gasteiger partial charge is 0.260 e. The number of fused-ring (bicyclic) bond motifs is 1. The van der Waals surface area contributed by atoms with Crippen LogP contribution < -0.4 is 5.56 Å². The first kappa shape index (κ1) is 19.7. The van der Waals surface area contributed by atoms with E-state index < -0.39 is 0 Å². The number of aromatic nitrogens is 6. The molecular formula is C21H18N6O2S2. The highest BCUT2D eigenvalue weighted by Gasteiger charge is 2.20. The molecule has 0 aliphatic heterocycles. The Labute approximate surface area is 185 Å². The minimum Gasteiger partial charge on any atom is -0.464 e. The van der Waals surface area contributed by atoms with Gasteiger partial charge in [-0.05, 0) is 66.6 Å². The van der Waals surface area contributed by atoms with Gasteiger partial charge >= 0.3 is 0 Å². The van der Waals surface area contributed by atoms with Crippen molar-refractivity contribution in [2.45, 2.75) is 31.2 Å². The van der Waals surface area contributed by atoms with Crippen LogP contribution >= 0.6 is 23.1 Å². The largest absolute Gasteiger partial charge is 0.464 e.